The molecule has 0 saturated heterocycles. The third kappa shape index (κ3) is 3.28. The van der Waals surface area contributed by atoms with Crippen LogP contribution in [-0.2, 0) is 6.42 Å². The summed E-state index contributed by atoms with van der Waals surface area (Å²) in [4.78, 5) is 1.01. The summed E-state index contributed by atoms with van der Waals surface area (Å²) in [5, 5.41) is 0. The quantitative estimate of drug-likeness (QED) is 0.687. The Bertz CT molecular complexity index is 228. The molecule has 12 heavy (non-hydrogen) atoms. The van der Waals surface area contributed by atoms with Gasteiger partial charge in [0.1, 0.15) is 0 Å². The Morgan fingerprint density at radius 3 is 2.42 bits per heavy atom. The second-order valence-corrected chi connectivity index (χ2v) is 3.70. The molecule has 1 nitrogen and oxygen atoms in total. The molecule has 0 amide bonds. The van der Waals surface area contributed by atoms with Gasteiger partial charge in [-0.1, -0.05) is 12.1 Å². The van der Waals surface area contributed by atoms with E-state index in [1.807, 2.05) is 19.1 Å². The van der Waals surface area contributed by atoms with Crippen molar-refractivity contribution in [1.82, 2.24) is 0 Å². The van der Waals surface area contributed by atoms with Crippen LogP contribution in [0.2, 0.25) is 0 Å². The van der Waals surface area contributed by atoms with Crippen molar-refractivity contribution in [2.24, 2.45) is 5.73 Å². The van der Waals surface area contributed by atoms with Gasteiger partial charge in [0.25, 0.3) is 0 Å². The fraction of sp³-hybridized carbons (Fsp3) is 0.400. The molecule has 0 aromatic heterocycles. The number of hydrogen-bond donors (Lipinski definition) is 2. The number of thiol groups is 1. The molecule has 1 atom stereocenters. The maximum absolute atomic E-state index is 5.66. The summed E-state index contributed by atoms with van der Waals surface area (Å²) in [6.07, 6.45) is 2.11. The van der Waals surface area contributed by atoms with E-state index in [4.69, 9.17) is 5.73 Å². The van der Waals surface area contributed by atoms with Gasteiger partial charge in [0, 0.05) is 10.9 Å². The van der Waals surface area contributed by atoms with Crippen LogP contribution in [0.3, 0.4) is 0 Å². The van der Waals surface area contributed by atoms with E-state index in [1.54, 1.807) is 0 Å². The van der Waals surface area contributed by atoms with Gasteiger partial charge in [-0.15, -0.1) is 12.6 Å². The highest BCUT2D eigenvalue weighted by molar-refractivity contribution is 7.80. The van der Waals surface area contributed by atoms with E-state index < -0.39 is 0 Å². The van der Waals surface area contributed by atoms with Gasteiger partial charge in [0.15, 0.2) is 0 Å². The van der Waals surface area contributed by atoms with Crippen LogP contribution in [0.5, 0.6) is 0 Å². The Morgan fingerprint density at radius 2 is 1.92 bits per heavy atom. The number of aryl methyl sites for hydroxylation is 1. The highest BCUT2D eigenvalue weighted by Gasteiger charge is 1.96. The van der Waals surface area contributed by atoms with Gasteiger partial charge in [0.05, 0.1) is 0 Å². The summed E-state index contributed by atoms with van der Waals surface area (Å²) in [6.45, 7) is 2.03. The average molecular weight is 181 g/mol. The molecule has 0 aliphatic heterocycles. The fourth-order valence-corrected chi connectivity index (χ4v) is 1.21. The lowest BCUT2D eigenvalue weighted by Gasteiger charge is -2.04. The van der Waals surface area contributed by atoms with Crippen molar-refractivity contribution in [2.45, 2.75) is 30.7 Å². The van der Waals surface area contributed by atoms with Gasteiger partial charge in [-0.25, -0.2) is 0 Å². The Hall–Kier alpha value is -0.470. The smallest absolute Gasteiger partial charge is 0.00401 e. The summed E-state index contributed by atoms with van der Waals surface area (Å²) in [6, 6.07) is 8.52. The zero-order valence-electron chi connectivity index (χ0n) is 7.33. The standard InChI is InChI=1S/C10H15NS/c1-8(11)2-3-9-4-6-10(12)7-5-9/h4-8,12H,2-3,11H2,1H3. The van der Waals surface area contributed by atoms with Gasteiger partial charge in [-0.05, 0) is 37.5 Å². The SMILES string of the molecule is CC(N)CCc1ccc(S)cc1. The van der Waals surface area contributed by atoms with Crippen LogP contribution in [0.15, 0.2) is 29.2 Å². The molecule has 1 aromatic carbocycles. The lowest BCUT2D eigenvalue weighted by Crippen LogP contribution is -2.15. The van der Waals surface area contributed by atoms with E-state index in [1.165, 1.54) is 5.56 Å². The predicted octanol–water partition coefficient (Wildman–Crippen LogP) is 2.26. The molecule has 0 heterocycles. The number of benzene rings is 1. The summed E-state index contributed by atoms with van der Waals surface area (Å²) < 4.78 is 0. The van der Waals surface area contributed by atoms with Crippen molar-refractivity contribution in [2.75, 3.05) is 0 Å². The minimum absolute atomic E-state index is 0.292. The Morgan fingerprint density at radius 1 is 1.33 bits per heavy atom. The topological polar surface area (TPSA) is 26.0 Å². The fourth-order valence-electron chi connectivity index (χ4n) is 1.06. The Balaban J connectivity index is 2.48. The van der Waals surface area contributed by atoms with E-state index in [0.29, 0.717) is 6.04 Å². The van der Waals surface area contributed by atoms with Gasteiger partial charge in [0.2, 0.25) is 0 Å². The van der Waals surface area contributed by atoms with Crippen molar-refractivity contribution >= 4 is 12.6 Å². The zero-order valence-corrected chi connectivity index (χ0v) is 8.22. The minimum Gasteiger partial charge on any atom is -0.328 e. The Labute approximate surface area is 79.4 Å². The molecule has 1 unspecified atom stereocenters. The second kappa shape index (κ2) is 4.53. The van der Waals surface area contributed by atoms with Gasteiger partial charge >= 0.3 is 0 Å². The van der Waals surface area contributed by atoms with Crippen LogP contribution < -0.4 is 5.73 Å². The molecule has 0 radical (unpaired) electrons. The predicted molar refractivity (Wildman–Crippen MR) is 55.7 cm³/mol. The van der Waals surface area contributed by atoms with Crippen molar-refractivity contribution < 1.29 is 0 Å². The van der Waals surface area contributed by atoms with Gasteiger partial charge in [-0.3, -0.25) is 0 Å². The molecule has 2 N–H and O–H groups in total. The lowest BCUT2D eigenvalue weighted by atomic mass is 10.1. The van der Waals surface area contributed by atoms with E-state index in [2.05, 4.69) is 24.8 Å². The third-order valence-corrected chi connectivity index (χ3v) is 2.12. The van der Waals surface area contributed by atoms with Crippen LogP contribution in [0.1, 0.15) is 18.9 Å². The summed E-state index contributed by atoms with van der Waals surface area (Å²) in [7, 11) is 0. The van der Waals surface area contributed by atoms with E-state index in [9.17, 15) is 0 Å². The summed E-state index contributed by atoms with van der Waals surface area (Å²) >= 11 is 4.22. The monoisotopic (exact) mass is 181 g/mol. The second-order valence-electron chi connectivity index (χ2n) is 3.18. The van der Waals surface area contributed by atoms with Crippen molar-refractivity contribution in [3.05, 3.63) is 29.8 Å². The number of nitrogens with two attached hydrogens (primary N) is 1. The molecule has 0 spiro atoms. The molecule has 0 fully saturated rings. The first-order valence-corrected chi connectivity index (χ1v) is 4.66. The highest BCUT2D eigenvalue weighted by Crippen LogP contribution is 2.09. The third-order valence-electron chi connectivity index (χ3n) is 1.82. The minimum atomic E-state index is 0.292. The van der Waals surface area contributed by atoms with Crippen LogP contribution in [-0.4, -0.2) is 6.04 Å². The first-order chi connectivity index (χ1) is 5.68. The molecular formula is C10H15NS. The maximum Gasteiger partial charge on any atom is 0.00401 e. The van der Waals surface area contributed by atoms with Crippen molar-refractivity contribution in [1.29, 1.82) is 0 Å². The molecular weight excluding hydrogens is 166 g/mol. The summed E-state index contributed by atoms with van der Waals surface area (Å²) in [5.41, 5.74) is 6.99. The van der Waals surface area contributed by atoms with Crippen LogP contribution in [0.4, 0.5) is 0 Å². The molecule has 1 aromatic rings. The summed E-state index contributed by atoms with van der Waals surface area (Å²) in [5.74, 6) is 0. The first kappa shape index (κ1) is 9.62. The van der Waals surface area contributed by atoms with E-state index in [-0.39, 0.29) is 0 Å². The molecule has 0 saturated carbocycles. The maximum atomic E-state index is 5.66. The lowest BCUT2D eigenvalue weighted by molar-refractivity contribution is 0.666. The van der Waals surface area contributed by atoms with Gasteiger partial charge < -0.3 is 5.73 Å². The largest absolute Gasteiger partial charge is 0.328 e. The zero-order chi connectivity index (χ0) is 8.97. The normalized spacial score (nSPS) is 12.9. The number of rotatable bonds is 3. The van der Waals surface area contributed by atoms with Crippen molar-refractivity contribution in [3.63, 3.8) is 0 Å². The molecule has 66 valence electrons. The van der Waals surface area contributed by atoms with Crippen LogP contribution in [0, 0.1) is 0 Å². The molecule has 0 aliphatic carbocycles. The molecule has 0 aliphatic rings. The van der Waals surface area contributed by atoms with E-state index in [0.717, 1.165) is 17.7 Å². The molecule has 1 rings (SSSR count). The average Bonchev–Trinajstić information content (AvgIpc) is 2.03. The highest BCUT2D eigenvalue weighted by atomic mass is 32.1. The Kier molecular flexibility index (Phi) is 3.63. The van der Waals surface area contributed by atoms with E-state index >= 15 is 0 Å². The molecule has 2 heteroatoms. The van der Waals surface area contributed by atoms with Crippen molar-refractivity contribution in [3.8, 4) is 0 Å². The van der Waals surface area contributed by atoms with Gasteiger partial charge in [-0.2, -0.15) is 0 Å². The van der Waals surface area contributed by atoms with Crippen LogP contribution in [0.25, 0.3) is 0 Å². The molecule has 0 bridgehead atoms. The number of hydrogen-bond acceptors (Lipinski definition) is 2. The first-order valence-electron chi connectivity index (χ1n) is 4.22. The van der Waals surface area contributed by atoms with Crippen LogP contribution >= 0.6 is 12.6 Å².